The van der Waals surface area contributed by atoms with Crippen molar-refractivity contribution in [1.82, 2.24) is 14.5 Å². The van der Waals surface area contributed by atoms with Gasteiger partial charge in [0.2, 0.25) is 5.95 Å². The summed E-state index contributed by atoms with van der Waals surface area (Å²) in [7, 11) is 0. The van der Waals surface area contributed by atoms with E-state index < -0.39 is 0 Å². The molecule has 25 heavy (non-hydrogen) atoms. The minimum Gasteiger partial charge on any atom is -0.298 e. The third kappa shape index (κ3) is 2.59. The van der Waals surface area contributed by atoms with E-state index in [0.717, 1.165) is 22.8 Å². The van der Waals surface area contributed by atoms with Crippen molar-refractivity contribution in [2.75, 3.05) is 0 Å². The van der Waals surface area contributed by atoms with E-state index in [2.05, 4.69) is 9.97 Å². The number of halogens is 1. The van der Waals surface area contributed by atoms with Gasteiger partial charge in [-0.25, -0.2) is 14.4 Å². The van der Waals surface area contributed by atoms with Crippen molar-refractivity contribution in [2.24, 2.45) is 0 Å². The number of carbonyl (C=O) groups excluding carboxylic acids is 1. The molecule has 0 spiro atoms. The zero-order valence-electron chi connectivity index (χ0n) is 13.5. The fourth-order valence-electron chi connectivity index (χ4n) is 2.93. The van der Waals surface area contributed by atoms with Gasteiger partial charge in [0.1, 0.15) is 12.1 Å². The second kappa shape index (κ2) is 5.94. The van der Waals surface area contributed by atoms with Gasteiger partial charge in [0.25, 0.3) is 0 Å². The van der Waals surface area contributed by atoms with Gasteiger partial charge < -0.3 is 0 Å². The van der Waals surface area contributed by atoms with Crippen LogP contribution in [0.1, 0.15) is 15.9 Å². The van der Waals surface area contributed by atoms with E-state index in [1.165, 1.54) is 6.07 Å². The molecule has 122 valence electrons. The van der Waals surface area contributed by atoms with Crippen LogP contribution in [-0.4, -0.2) is 20.8 Å². The molecule has 0 N–H and O–H groups in total. The second-order valence-electron chi connectivity index (χ2n) is 5.83. The number of benzene rings is 2. The fraction of sp³-hybridized carbons (Fsp3) is 0.0500. The third-order valence-corrected chi connectivity index (χ3v) is 4.20. The molecule has 2 heterocycles. The van der Waals surface area contributed by atoms with E-state index in [9.17, 15) is 9.18 Å². The van der Waals surface area contributed by atoms with Gasteiger partial charge in [0.15, 0.2) is 0 Å². The third-order valence-electron chi connectivity index (χ3n) is 4.20. The van der Waals surface area contributed by atoms with Crippen LogP contribution < -0.4 is 0 Å². The number of fused-ring (bicyclic) bond motifs is 1. The smallest absolute Gasteiger partial charge is 0.234 e. The van der Waals surface area contributed by atoms with Crippen molar-refractivity contribution < 1.29 is 9.18 Å². The number of carbonyl (C=O) groups is 1. The fourth-order valence-corrected chi connectivity index (χ4v) is 2.93. The summed E-state index contributed by atoms with van der Waals surface area (Å²) < 4.78 is 15.7. The van der Waals surface area contributed by atoms with E-state index in [1.54, 1.807) is 36.7 Å². The Morgan fingerprint density at radius 3 is 2.56 bits per heavy atom. The molecular weight excluding hydrogens is 317 g/mol. The molecule has 4 nitrogen and oxygen atoms in total. The SMILES string of the molecule is Cc1cn(-c2ncc(-c3ccccc3F)cn2)c2cc(C=O)ccc12. The summed E-state index contributed by atoms with van der Waals surface area (Å²) in [6.07, 6.45) is 5.95. The lowest BCUT2D eigenvalue weighted by atomic mass is 10.1. The molecule has 2 aromatic carbocycles. The molecule has 0 saturated carbocycles. The Morgan fingerprint density at radius 1 is 1.08 bits per heavy atom. The maximum Gasteiger partial charge on any atom is 0.234 e. The molecule has 0 aliphatic heterocycles. The van der Waals surface area contributed by atoms with Crippen LogP contribution in [0.4, 0.5) is 4.39 Å². The molecule has 0 unspecified atom stereocenters. The number of aryl methyl sites for hydroxylation is 1. The first kappa shape index (κ1) is 15.2. The van der Waals surface area contributed by atoms with Gasteiger partial charge in [0, 0.05) is 40.7 Å². The van der Waals surface area contributed by atoms with E-state index >= 15 is 0 Å². The van der Waals surface area contributed by atoms with Crippen LogP contribution >= 0.6 is 0 Å². The number of rotatable bonds is 3. The molecule has 5 heteroatoms. The first-order chi connectivity index (χ1) is 12.2. The van der Waals surface area contributed by atoms with Gasteiger partial charge in [-0.3, -0.25) is 9.36 Å². The predicted molar refractivity (Wildman–Crippen MR) is 94.4 cm³/mol. The number of nitrogens with zero attached hydrogens (tertiary/aromatic N) is 3. The van der Waals surface area contributed by atoms with Crippen molar-refractivity contribution in [3.8, 4) is 17.1 Å². The van der Waals surface area contributed by atoms with Crippen molar-refractivity contribution in [3.63, 3.8) is 0 Å². The van der Waals surface area contributed by atoms with Gasteiger partial charge in [-0.15, -0.1) is 0 Å². The summed E-state index contributed by atoms with van der Waals surface area (Å²) >= 11 is 0. The summed E-state index contributed by atoms with van der Waals surface area (Å²) in [4.78, 5) is 19.8. The van der Waals surface area contributed by atoms with Gasteiger partial charge in [0.05, 0.1) is 5.52 Å². The summed E-state index contributed by atoms with van der Waals surface area (Å²) in [6, 6.07) is 12.0. The quantitative estimate of drug-likeness (QED) is 0.524. The standard InChI is InChI=1S/C20H14FN3O/c1-13-11-24(19-8-14(12-25)6-7-16(13)19)20-22-9-15(10-23-20)17-4-2-3-5-18(17)21/h2-12H,1H3. The lowest BCUT2D eigenvalue weighted by Gasteiger charge is -2.06. The lowest BCUT2D eigenvalue weighted by Crippen LogP contribution is -2.00. The Labute approximate surface area is 143 Å². The van der Waals surface area contributed by atoms with Crippen LogP contribution in [0.2, 0.25) is 0 Å². The van der Waals surface area contributed by atoms with Gasteiger partial charge >= 0.3 is 0 Å². The number of hydrogen-bond donors (Lipinski definition) is 0. The number of hydrogen-bond acceptors (Lipinski definition) is 3. The Morgan fingerprint density at radius 2 is 1.84 bits per heavy atom. The van der Waals surface area contributed by atoms with Crippen LogP contribution in [0.25, 0.3) is 28.0 Å². The highest BCUT2D eigenvalue weighted by Crippen LogP contribution is 2.25. The molecule has 0 bridgehead atoms. The minimum atomic E-state index is -0.309. The van der Waals surface area contributed by atoms with Crippen LogP contribution in [0.3, 0.4) is 0 Å². The van der Waals surface area contributed by atoms with Crippen LogP contribution in [0, 0.1) is 12.7 Å². The first-order valence-corrected chi connectivity index (χ1v) is 7.81. The molecular formula is C20H14FN3O. The Hall–Kier alpha value is -3.34. The zero-order valence-corrected chi connectivity index (χ0v) is 13.5. The highest BCUT2D eigenvalue weighted by Gasteiger charge is 2.11. The average molecular weight is 331 g/mol. The predicted octanol–water partition coefficient (Wildman–Crippen LogP) is 4.35. The van der Waals surface area contributed by atoms with Crippen LogP contribution in [0.15, 0.2) is 61.1 Å². The lowest BCUT2D eigenvalue weighted by molar-refractivity contribution is 0.112. The van der Waals surface area contributed by atoms with E-state index in [1.807, 2.05) is 29.8 Å². The van der Waals surface area contributed by atoms with E-state index in [4.69, 9.17) is 0 Å². The summed E-state index contributed by atoms with van der Waals surface area (Å²) in [5.74, 6) is 0.165. The van der Waals surface area contributed by atoms with Crippen LogP contribution in [0.5, 0.6) is 0 Å². The number of aromatic nitrogens is 3. The molecule has 0 aliphatic rings. The van der Waals surface area contributed by atoms with Crippen LogP contribution in [-0.2, 0) is 0 Å². The normalized spacial score (nSPS) is 11.0. The molecule has 0 radical (unpaired) electrons. The molecule has 0 saturated heterocycles. The van der Waals surface area contributed by atoms with E-state index in [0.29, 0.717) is 22.6 Å². The topological polar surface area (TPSA) is 47.8 Å². The molecule has 4 rings (SSSR count). The first-order valence-electron chi connectivity index (χ1n) is 7.81. The van der Waals surface area contributed by atoms with Gasteiger partial charge in [-0.1, -0.05) is 30.3 Å². The maximum atomic E-state index is 13.9. The highest BCUT2D eigenvalue weighted by atomic mass is 19.1. The van der Waals surface area contributed by atoms with E-state index in [-0.39, 0.29) is 5.82 Å². The Kier molecular flexibility index (Phi) is 3.61. The van der Waals surface area contributed by atoms with Crippen molar-refractivity contribution in [2.45, 2.75) is 6.92 Å². The number of aldehydes is 1. The summed E-state index contributed by atoms with van der Waals surface area (Å²) in [5, 5.41) is 1.03. The minimum absolute atomic E-state index is 0.309. The molecule has 0 aliphatic carbocycles. The summed E-state index contributed by atoms with van der Waals surface area (Å²) in [5.41, 5.74) is 3.60. The molecule has 0 fully saturated rings. The van der Waals surface area contributed by atoms with Crippen molar-refractivity contribution in [1.29, 1.82) is 0 Å². The Balaban J connectivity index is 1.82. The molecule has 2 aromatic heterocycles. The summed E-state index contributed by atoms with van der Waals surface area (Å²) in [6.45, 7) is 1.99. The van der Waals surface area contributed by atoms with Crippen molar-refractivity contribution in [3.05, 3.63) is 78.0 Å². The molecule has 0 atom stereocenters. The molecule has 0 amide bonds. The maximum absolute atomic E-state index is 13.9. The highest BCUT2D eigenvalue weighted by molar-refractivity contribution is 5.90. The van der Waals surface area contributed by atoms with Gasteiger partial charge in [-0.2, -0.15) is 0 Å². The largest absolute Gasteiger partial charge is 0.298 e. The average Bonchev–Trinajstić information content (AvgIpc) is 2.98. The monoisotopic (exact) mass is 331 g/mol. The Bertz CT molecular complexity index is 1080. The molecule has 4 aromatic rings. The van der Waals surface area contributed by atoms with Crippen molar-refractivity contribution >= 4 is 17.2 Å². The zero-order chi connectivity index (χ0) is 17.4. The second-order valence-corrected chi connectivity index (χ2v) is 5.83. The van der Waals surface area contributed by atoms with Gasteiger partial charge in [-0.05, 0) is 24.6 Å².